The minimum Gasteiger partial charge on any atom is -0.347 e. The van der Waals surface area contributed by atoms with Gasteiger partial charge in [-0.05, 0) is 37.3 Å². The standard InChI is InChI=1S/C20H31N3O2S/c1-14(2)9-17-7-8-18(26-17)12-22-10-15-5-6-16(11-22)23(20(15)25)13-19(24)21(3)4/h7-8,14-16H,5-6,9-13H2,1-4H3/t15-,16+/m0/s1. The fourth-order valence-electron chi connectivity index (χ4n) is 3.99. The summed E-state index contributed by atoms with van der Waals surface area (Å²) in [6, 6.07) is 4.66. The lowest BCUT2D eigenvalue weighted by molar-refractivity contribution is -0.145. The smallest absolute Gasteiger partial charge is 0.241 e. The zero-order chi connectivity index (χ0) is 18.8. The van der Waals surface area contributed by atoms with Gasteiger partial charge >= 0.3 is 0 Å². The summed E-state index contributed by atoms with van der Waals surface area (Å²) in [5.74, 6) is 0.898. The van der Waals surface area contributed by atoms with E-state index in [2.05, 4.69) is 30.9 Å². The van der Waals surface area contributed by atoms with Gasteiger partial charge < -0.3 is 9.80 Å². The van der Waals surface area contributed by atoms with Crippen LogP contribution < -0.4 is 0 Å². The van der Waals surface area contributed by atoms with Gasteiger partial charge in [-0.15, -0.1) is 11.3 Å². The van der Waals surface area contributed by atoms with E-state index in [1.807, 2.05) is 16.2 Å². The second kappa shape index (κ2) is 8.09. The van der Waals surface area contributed by atoms with Gasteiger partial charge in [0.15, 0.2) is 0 Å². The highest BCUT2D eigenvalue weighted by Gasteiger charge is 2.41. The molecule has 1 aromatic rings. The Bertz CT molecular complexity index is 655. The Labute approximate surface area is 161 Å². The summed E-state index contributed by atoms with van der Waals surface area (Å²) in [6.45, 7) is 7.33. The summed E-state index contributed by atoms with van der Waals surface area (Å²) in [5, 5.41) is 0. The molecule has 26 heavy (non-hydrogen) atoms. The number of carbonyl (C=O) groups excluding carboxylic acids is 2. The molecule has 0 spiro atoms. The molecule has 2 atom stereocenters. The van der Waals surface area contributed by atoms with Crippen LogP contribution in [0.1, 0.15) is 36.4 Å². The molecule has 5 nitrogen and oxygen atoms in total. The number of hydrogen-bond donors (Lipinski definition) is 0. The highest BCUT2D eigenvalue weighted by molar-refractivity contribution is 7.11. The zero-order valence-corrected chi connectivity index (χ0v) is 17.2. The molecule has 4 rings (SSSR count). The van der Waals surface area contributed by atoms with Crippen LogP contribution in [-0.2, 0) is 22.6 Å². The van der Waals surface area contributed by atoms with E-state index in [4.69, 9.17) is 0 Å². The molecule has 2 bridgehead atoms. The molecule has 0 N–H and O–H groups in total. The topological polar surface area (TPSA) is 43.9 Å². The minimum atomic E-state index is 0.00836. The number of piperidine rings is 1. The molecular weight excluding hydrogens is 346 g/mol. The highest BCUT2D eigenvalue weighted by atomic mass is 32.1. The molecule has 0 aliphatic carbocycles. The van der Waals surface area contributed by atoms with E-state index >= 15 is 0 Å². The monoisotopic (exact) mass is 377 g/mol. The minimum absolute atomic E-state index is 0.00836. The summed E-state index contributed by atoms with van der Waals surface area (Å²) in [4.78, 5) is 33.6. The molecular formula is C20H31N3O2S. The molecule has 144 valence electrons. The first-order valence-corrected chi connectivity index (χ1v) is 10.5. The maximum atomic E-state index is 12.8. The molecule has 0 aromatic carbocycles. The normalized spacial score (nSPS) is 23.6. The zero-order valence-electron chi connectivity index (χ0n) is 16.4. The number of rotatable bonds is 6. The number of carbonyl (C=O) groups is 2. The number of likely N-dealkylation sites (N-methyl/N-ethyl adjacent to an activating group) is 1. The first-order valence-electron chi connectivity index (χ1n) is 9.64. The maximum absolute atomic E-state index is 12.8. The molecule has 3 aliphatic rings. The van der Waals surface area contributed by atoms with Gasteiger partial charge in [-0.25, -0.2) is 0 Å². The highest BCUT2D eigenvalue weighted by Crippen LogP contribution is 2.31. The van der Waals surface area contributed by atoms with Crippen LogP contribution in [0.2, 0.25) is 0 Å². The third-order valence-corrected chi connectivity index (χ3v) is 6.47. The third kappa shape index (κ3) is 4.46. The van der Waals surface area contributed by atoms with Gasteiger partial charge in [-0.1, -0.05) is 13.8 Å². The van der Waals surface area contributed by atoms with Gasteiger partial charge in [-0.3, -0.25) is 14.5 Å². The Morgan fingerprint density at radius 2 is 1.96 bits per heavy atom. The fraction of sp³-hybridized carbons (Fsp3) is 0.700. The predicted octanol–water partition coefficient (Wildman–Crippen LogP) is 2.46. The van der Waals surface area contributed by atoms with E-state index in [1.165, 1.54) is 9.75 Å². The van der Waals surface area contributed by atoms with Crippen molar-refractivity contribution in [1.29, 1.82) is 0 Å². The first kappa shape index (κ1) is 19.4. The fourth-order valence-corrected chi connectivity index (χ4v) is 5.27. The molecule has 1 aromatic heterocycles. The Balaban J connectivity index is 1.66. The lowest BCUT2D eigenvalue weighted by atomic mass is 9.94. The van der Waals surface area contributed by atoms with E-state index in [0.717, 1.165) is 38.9 Å². The van der Waals surface area contributed by atoms with Gasteiger partial charge in [0.05, 0.1) is 5.92 Å². The van der Waals surface area contributed by atoms with Crippen molar-refractivity contribution in [3.8, 4) is 0 Å². The van der Waals surface area contributed by atoms with E-state index in [-0.39, 0.29) is 30.3 Å². The molecule has 0 saturated carbocycles. The van der Waals surface area contributed by atoms with E-state index in [9.17, 15) is 9.59 Å². The second-order valence-electron chi connectivity index (χ2n) is 8.34. The molecule has 0 radical (unpaired) electrons. The largest absolute Gasteiger partial charge is 0.347 e. The van der Waals surface area contributed by atoms with Crippen molar-refractivity contribution in [3.05, 3.63) is 21.9 Å². The molecule has 3 saturated heterocycles. The summed E-state index contributed by atoms with van der Waals surface area (Å²) < 4.78 is 0. The Hall–Kier alpha value is -1.40. The van der Waals surface area contributed by atoms with Crippen molar-refractivity contribution in [1.82, 2.24) is 14.7 Å². The molecule has 3 fully saturated rings. The van der Waals surface area contributed by atoms with Gasteiger partial charge in [0.2, 0.25) is 11.8 Å². The SMILES string of the molecule is CC(C)Cc1ccc(CN2C[C@@H]3CC[C@H](C2)N(CC(=O)N(C)C)C3=O)s1. The van der Waals surface area contributed by atoms with Crippen LogP contribution in [0.25, 0.3) is 0 Å². The summed E-state index contributed by atoms with van der Waals surface area (Å²) in [5.41, 5.74) is 0. The summed E-state index contributed by atoms with van der Waals surface area (Å²) >= 11 is 1.90. The van der Waals surface area contributed by atoms with E-state index in [1.54, 1.807) is 19.0 Å². The van der Waals surface area contributed by atoms with Crippen molar-refractivity contribution in [3.63, 3.8) is 0 Å². The lowest BCUT2D eigenvalue weighted by Gasteiger charge is -2.36. The average molecular weight is 378 g/mol. The van der Waals surface area contributed by atoms with E-state index < -0.39 is 0 Å². The van der Waals surface area contributed by atoms with Gasteiger partial charge in [-0.2, -0.15) is 0 Å². The molecule has 2 amide bonds. The predicted molar refractivity (Wildman–Crippen MR) is 105 cm³/mol. The van der Waals surface area contributed by atoms with Crippen molar-refractivity contribution in [2.75, 3.05) is 33.7 Å². The Kier molecular flexibility index (Phi) is 6.03. The van der Waals surface area contributed by atoms with Crippen LogP contribution in [0.15, 0.2) is 12.1 Å². The van der Waals surface area contributed by atoms with Gasteiger partial charge in [0.25, 0.3) is 0 Å². The van der Waals surface area contributed by atoms with Crippen molar-refractivity contribution < 1.29 is 9.59 Å². The number of fused-ring (bicyclic) bond motifs is 4. The van der Waals surface area contributed by atoms with Gasteiger partial charge in [0, 0.05) is 49.5 Å². The first-order chi connectivity index (χ1) is 12.3. The summed E-state index contributed by atoms with van der Waals surface area (Å²) in [7, 11) is 3.50. The number of hydrogen-bond acceptors (Lipinski definition) is 4. The van der Waals surface area contributed by atoms with E-state index in [0.29, 0.717) is 5.92 Å². The van der Waals surface area contributed by atoms with Crippen LogP contribution in [0, 0.1) is 11.8 Å². The second-order valence-corrected chi connectivity index (χ2v) is 9.60. The molecule has 6 heteroatoms. The quantitative estimate of drug-likeness (QED) is 0.765. The van der Waals surface area contributed by atoms with Crippen LogP contribution >= 0.6 is 11.3 Å². The third-order valence-electron chi connectivity index (χ3n) is 5.38. The van der Waals surface area contributed by atoms with Crippen molar-refractivity contribution >= 4 is 23.2 Å². The van der Waals surface area contributed by atoms with Crippen molar-refractivity contribution in [2.24, 2.45) is 11.8 Å². The average Bonchev–Trinajstić information content (AvgIpc) is 2.82. The maximum Gasteiger partial charge on any atom is 0.241 e. The lowest BCUT2D eigenvalue weighted by Crippen LogP contribution is -2.51. The molecule has 4 heterocycles. The van der Waals surface area contributed by atoms with Crippen LogP contribution in [0.4, 0.5) is 0 Å². The van der Waals surface area contributed by atoms with Gasteiger partial charge in [0.1, 0.15) is 6.54 Å². The van der Waals surface area contributed by atoms with Crippen LogP contribution in [0.3, 0.4) is 0 Å². The van der Waals surface area contributed by atoms with Crippen LogP contribution in [0.5, 0.6) is 0 Å². The Morgan fingerprint density at radius 1 is 1.23 bits per heavy atom. The van der Waals surface area contributed by atoms with Crippen molar-refractivity contribution in [2.45, 2.75) is 45.7 Å². The summed E-state index contributed by atoms with van der Waals surface area (Å²) in [6.07, 6.45) is 3.10. The number of thiophene rings is 1. The van der Waals surface area contributed by atoms with Crippen LogP contribution in [-0.4, -0.2) is 66.3 Å². The molecule has 0 unspecified atom stereocenters. The number of amides is 2. The Morgan fingerprint density at radius 3 is 2.65 bits per heavy atom. The number of nitrogens with zero attached hydrogens (tertiary/aromatic N) is 3. The molecule has 3 aliphatic heterocycles.